The molecule has 1 heterocycles. The summed E-state index contributed by atoms with van der Waals surface area (Å²) in [6.45, 7) is 3.75. The Hall–Kier alpha value is -2.67. The van der Waals surface area contributed by atoms with Gasteiger partial charge in [0.05, 0.1) is 33.4 Å². The van der Waals surface area contributed by atoms with E-state index >= 15 is 0 Å². The van der Waals surface area contributed by atoms with E-state index in [9.17, 15) is 5.11 Å². The number of aliphatic hydroxyl groups is 1. The van der Waals surface area contributed by atoms with Crippen LogP contribution < -0.4 is 14.8 Å². The third-order valence-electron chi connectivity index (χ3n) is 4.35. The van der Waals surface area contributed by atoms with Crippen LogP contribution in [0.1, 0.15) is 24.3 Å². The maximum absolute atomic E-state index is 10.5. The van der Waals surface area contributed by atoms with Gasteiger partial charge in [-0.15, -0.1) is 0 Å². The molecular weight excluding hydrogens is 344 g/mol. The Balaban J connectivity index is 2.10. The van der Waals surface area contributed by atoms with E-state index in [1.165, 1.54) is 5.69 Å². The van der Waals surface area contributed by atoms with Crippen molar-refractivity contribution >= 4 is 5.96 Å². The molecule has 148 valence electrons. The molecule has 2 N–H and O–H groups in total. The molecule has 0 aliphatic rings. The van der Waals surface area contributed by atoms with E-state index in [1.54, 1.807) is 26.4 Å². The van der Waals surface area contributed by atoms with Crippen LogP contribution >= 0.6 is 0 Å². The van der Waals surface area contributed by atoms with Crippen molar-refractivity contribution in [3.8, 4) is 11.5 Å². The molecule has 2 aromatic rings. The Labute approximate surface area is 161 Å². The van der Waals surface area contributed by atoms with Crippen molar-refractivity contribution in [2.24, 2.45) is 12.0 Å². The molecule has 27 heavy (non-hydrogen) atoms. The van der Waals surface area contributed by atoms with Crippen LogP contribution in [0.15, 0.2) is 41.5 Å². The zero-order chi connectivity index (χ0) is 19.8. The zero-order valence-electron chi connectivity index (χ0n) is 16.8. The summed E-state index contributed by atoms with van der Waals surface area (Å²) in [6.07, 6.45) is 1.29. The smallest absolute Gasteiger partial charge is 0.194 e. The van der Waals surface area contributed by atoms with Gasteiger partial charge in [0, 0.05) is 32.5 Å². The number of rotatable bonds is 8. The molecule has 1 atom stereocenters. The van der Waals surface area contributed by atoms with Crippen LogP contribution in [-0.4, -0.2) is 54.9 Å². The fourth-order valence-electron chi connectivity index (χ4n) is 2.79. The first-order valence-corrected chi connectivity index (χ1v) is 8.99. The molecule has 0 saturated heterocycles. The second kappa shape index (κ2) is 9.87. The minimum atomic E-state index is -0.734. The topological polar surface area (TPSA) is 71.2 Å². The SMILES string of the molecule is CCNC(=NCC(O)c1ccc(OC)c(OC)c1)N(C)Cc1cccn1C. The second-order valence-corrected chi connectivity index (χ2v) is 6.29. The lowest BCUT2D eigenvalue weighted by molar-refractivity contribution is 0.186. The summed E-state index contributed by atoms with van der Waals surface area (Å²) in [7, 11) is 7.17. The lowest BCUT2D eigenvalue weighted by Gasteiger charge is -2.23. The molecule has 1 unspecified atom stereocenters. The molecule has 0 saturated carbocycles. The minimum absolute atomic E-state index is 0.245. The van der Waals surface area contributed by atoms with Gasteiger partial charge in [0.1, 0.15) is 0 Å². The van der Waals surface area contributed by atoms with Gasteiger partial charge in [0.2, 0.25) is 0 Å². The highest BCUT2D eigenvalue weighted by atomic mass is 16.5. The molecule has 1 aromatic carbocycles. The molecule has 0 spiro atoms. The Bertz CT molecular complexity index is 757. The fraction of sp³-hybridized carbons (Fsp3) is 0.450. The minimum Gasteiger partial charge on any atom is -0.493 e. The standard InChI is InChI=1S/C20H30N4O3/c1-6-21-20(24(3)14-16-8-7-11-23(16)2)22-13-17(25)15-9-10-18(26-4)19(12-15)27-5/h7-12,17,25H,6,13-14H2,1-5H3,(H,21,22). The predicted molar refractivity (Wildman–Crippen MR) is 107 cm³/mol. The van der Waals surface area contributed by atoms with Gasteiger partial charge in [-0.25, -0.2) is 0 Å². The van der Waals surface area contributed by atoms with Crippen molar-refractivity contribution in [2.45, 2.75) is 19.6 Å². The molecule has 2 rings (SSSR count). The summed E-state index contributed by atoms with van der Waals surface area (Å²) in [5.74, 6) is 1.97. The van der Waals surface area contributed by atoms with Crippen LogP contribution in [0.2, 0.25) is 0 Å². The molecule has 7 nitrogen and oxygen atoms in total. The van der Waals surface area contributed by atoms with E-state index < -0.39 is 6.10 Å². The van der Waals surface area contributed by atoms with E-state index in [2.05, 4.69) is 20.9 Å². The number of hydrogen-bond donors (Lipinski definition) is 2. The lowest BCUT2D eigenvalue weighted by atomic mass is 10.1. The van der Waals surface area contributed by atoms with Crippen molar-refractivity contribution in [1.82, 2.24) is 14.8 Å². The lowest BCUT2D eigenvalue weighted by Crippen LogP contribution is -2.39. The third-order valence-corrected chi connectivity index (χ3v) is 4.35. The highest BCUT2D eigenvalue weighted by Gasteiger charge is 2.13. The molecule has 0 radical (unpaired) electrons. The number of nitrogens with one attached hydrogen (secondary N) is 1. The largest absolute Gasteiger partial charge is 0.493 e. The number of guanidine groups is 1. The number of ether oxygens (including phenoxy) is 2. The zero-order valence-corrected chi connectivity index (χ0v) is 16.8. The van der Waals surface area contributed by atoms with Crippen molar-refractivity contribution < 1.29 is 14.6 Å². The summed E-state index contributed by atoms with van der Waals surface area (Å²) >= 11 is 0. The summed E-state index contributed by atoms with van der Waals surface area (Å²) < 4.78 is 12.6. The normalized spacial score (nSPS) is 12.6. The van der Waals surface area contributed by atoms with Gasteiger partial charge in [-0.2, -0.15) is 0 Å². The molecule has 0 aliphatic carbocycles. The molecule has 1 aromatic heterocycles. The Kier molecular flexibility index (Phi) is 7.55. The van der Waals surface area contributed by atoms with Crippen LogP contribution in [0.4, 0.5) is 0 Å². The first kappa shape index (κ1) is 20.6. The summed E-state index contributed by atoms with van der Waals surface area (Å²) in [5.41, 5.74) is 1.92. The van der Waals surface area contributed by atoms with E-state index in [-0.39, 0.29) is 6.54 Å². The van der Waals surface area contributed by atoms with Crippen LogP contribution in [0, 0.1) is 0 Å². The number of nitrogens with zero attached hydrogens (tertiary/aromatic N) is 3. The van der Waals surface area contributed by atoms with Crippen molar-refractivity contribution in [3.05, 3.63) is 47.8 Å². The van der Waals surface area contributed by atoms with Crippen LogP contribution in [0.3, 0.4) is 0 Å². The average molecular weight is 374 g/mol. The first-order valence-electron chi connectivity index (χ1n) is 8.99. The number of aromatic nitrogens is 1. The highest BCUT2D eigenvalue weighted by Crippen LogP contribution is 2.30. The number of aliphatic imine (C=N–C) groups is 1. The quantitative estimate of drug-likeness (QED) is 0.547. The summed E-state index contributed by atoms with van der Waals surface area (Å²) in [5, 5.41) is 13.8. The van der Waals surface area contributed by atoms with Crippen LogP contribution in [0.5, 0.6) is 11.5 Å². The van der Waals surface area contributed by atoms with Crippen molar-refractivity contribution in [2.75, 3.05) is 34.4 Å². The molecule has 0 bridgehead atoms. The average Bonchev–Trinajstić information content (AvgIpc) is 3.08. The van der Waals surface area contributed by atoms with E-state index in [0.717, 1.165) is 24.6 Å². The van der Waals surface area contributed by atoms with Crippen molar-refractivity contribution in [1.29, 1.82) is 0 Å². The Morgan fingerprint density at radius 2 is 2.00 bits per heavy atom. The van der Waals surface area contributed by atoms with E-state index in [1.807, 2.05) is 44.2 Å². The monoisotopic (exact) mass is 374 g/mol. The fourth-order valence-corrected chi connectivity index (χ4v) is 2.79. The van der Waals surface area contributed by atoms with Crippen LogP contribution in [-0.2, 0) is 13.6 Å². The molecule has 7 heteroatoms. The van der Waals surface area contributed by atoms with Gasteiger partial charge in [-0.3, -0.25) is 4.99 Å². The predicted octanol–water partition coefficient (Wildman–Crippen LogP) is 2.17. The Morgan fingerprint density at radius 1 is 1.26 bits per heavy atom. The highest BCUT2D eigenvalue weighted by molar-refractivity contribution is 5.79. The second-order valence-electron chi connectivity index (χ2n) is 6.29. The van der Waals surface area contributed by atoms with Gasteiger partial charge < -0.3 is 29.4 Å². The van der Waals surface area contributed by atoms with Crippen LogP contribution in [0.25, 0.3) is 0 Å². The van der Waals surface area contributed by atoms with Crippen molar-refractivity contribution in [3.63, 3.8) is 0 Å². The number of aliphatic hydroxyl groups excluding tert-OH is 1. The van der Waals surface area contributed by atoms with Gasteiger partial charge in [-0.1, -0.05) is 6.07 Å². The molecule has 0 aliphatic heterocycles. The number of hydrogen-bond acceptors (Lipinski definition) is 4. The Morgan fingerprint density at radius 3 is 2.59 bits per heavy atom. The summed E-state index contributed by atoms with van der Waals surface area (Å²) in [6, 6.07) is 9.49. The van der Waals surface area contributed by atoms with E-state index in [0.29, 0.717) is 11.5 Å². The molecular formula is C20H30N4O3. The number of aryl methyl sites for hydroxylation is 1. The number of benzene rings is 1. The first-order chi connectivity index (χ1) is 13.0. The number of methoxy groups -OCH3 is 2. The van der Waals surface area contributed by atoms with E-state index in [4.69, 9.17) is 9.47 Å². The maximum Gasteiger partial charge on any atom is 0.194 e. The molecule has 0 fully saturated rings. The third kappa shape index (κ3) is 5.40. The van der Waals surface area contributed by atoms with Gasteiger partial charge >= 0.3 is 0 Å². The van der Waals surface area contributed by atoms with Gasteiger partial charge in [0.15, 0.2) is 17.5 Å². The van der Waals surface area contributed by atoms with Gasteiger partial charge in [0.25, 0.3) is 0 Å². The maximum atomic E-state index is 10.5. The molecule has 0 amide bonds. The summed E-state index contributed by atoms with van der Waals surface area (Å²) in [4.78, 5) is 6.64. The van der Waals surface area contributed by atoms with Gasteiger partial charge in [-0.05, 0) is 36.8 Å².